The number of nitrogens with zero attached hydrogens (tertiary/aromatic N) is 4. The fourth-order valence-corrected chi connectivity index (χ4v) is 9.42. The van der Waals surface area contributed by atoms with Crippen molar-refractivity contribution < 1.29 is 48.3 Å². The molecule has 2 aliphatic rings. The molecule has 1 aliphatic heterocycles. The summed E-state index contributed by atoms with van der Waals surface area (Å²) in [6.45, 7) is 8.48. The van der Waals surface area contributed by atoms with Crippen LogP contribution in [0.2, 0.25) is 5.28 Å². The highest BCUT2D eigenvalue weighted by Gasteiger charge is 2.52. The molecular weight excluding hydrogens is 604 g/mol. The van der Waals surface area contributed by atoms with Crippen molar-refractivity contribution >= 4 is 49.6 Å². The van der Waals surface area contributed by atoms with Crippen molar-refractivity contribution in [2.45, 2.75) is 84.0 Å². The van der Waals surface area contributed by atoms with Crippen LogP contribution in [0.4, 0.5) is 10.6 Å². The predicted octanol–water partition coefficient (Wildman–Crippen LogP) is 3.05. The number of aliphatic hydroxyl groups excluding tert-OH is 2. The normalized spacial score (nSPS) is 31.3. The van der Waals surface area contributed by atoms with Crippen molar-refractivity contribution in [2.75, 3.05) is 17.4 Å². The zero-order valence-corrected chi connectivity index (χ0v) is 25.6. The molecule has 7 atom stereocenters. The van der Waals surface area contributed by atoms with Crippen LogP contribution in [0.3, 0.4) is 0 Å². The van der Waals surface area contributed by atoms with Crippen LogP contribution in [0.25, 0.3) is 11.2 Å². The quantitative estimate of drug-likeness (QED) is 0.171. The van der Waals surface area contributed by atoms with Gasteiger partial charge in [-0.15, -0.1) is 0 Å². The number of aromatic nitrogens is 4. The molecule has 6 N–H and O–H groups in total. The Morgan fingerprint density at radius 2 is 1.90 bits per heavy atom. The molecule has 2 aromatic rings. The van der Waals surface area contributed by atoms with Gasteiger partial charge in [0.2, 0.25) is 12.7 Å². The lowest BCUT2D eigenvalue weighted by Crippen LogP contribution is -2.40. The largest absolute Gasteiger partial charge is 0.445 e. The molecule has 0 spiro atoms. The lowest BCUT2D eigenvalue weighted by atomic mass is 9.67. The molecule has 1 saturated carbocycles. The number of halogens is 1. The highest BCUT2D eigenvalue weighted by Crippen LogP contribution is 2.56. The van der Waals surface area contributed by atoms with E-state index in [1.807, 2.05) is 0 Å². The van der Waals surface area contributed by atoms with Gasteiger partial charge in [0.15, 0.2) is 23.2 Å². The van der Waals surface area contributed by atoms with Gasteiger partial charge in [-0.1, -0.05) is 27.7 Å². The highest BCUT2D eigenvalue weighted by molar-refractivity contribution is 7.72. The van der Waals surface area contributed by atoms with Gasteiger partial charge in [-0.3, -0.25) is 19.0 Å². The molecule has 4 rings (SSSR count). The lowest BCUT2D eigenvalue weighted by Gasteiger charge is -2.41. The summed E-state index contributed by atoms with van der Waals surface area (Å²) in [4.78, 5) is 53.3. The molecule has 1 amide bonds. The summed E-state index contributed by atoms with van der Waals surface area (Å²) in [6.07, 6.45) is -3.61. The average molecular weight is 640 g/mol. The Morgan fingerprint density at radius 1 is 1.22 bits per heavy atom. The van der Waals surface area contributed by atoms with Crippen molar-refractivity contribution in [3.63, 3.8) is 0 Å². The molecule has 15 nitrogen and oxygen atoms in total. The zero-order chi connectivity index (χ0) is 30.5. The number of rotatable bonds is 9. The average Bonchev–Trinajstić information content (AvgIpc) is 3.45. The van der Waals surface area contributed by atoms with Crippen molar-refractivity contribution in [1.29, 1.82) is 0 Å². The van der Waals surface area contributed by atoms with Gasteiger partial charge in [0.05, 0.1) is 12.4 Å². The Kier molecular flexibility index (Phi) is 9.00. The third kappa shape index (κ3) is 6.63. The Morgan fingerprint density at radius 3 is 2.54 bits per heavy atom. The first-order chi connectivity index (χ1) is 18.9. The van der Waals surface area contributed by atoms with E-state index in [-0.39, 0.29) is 45.6 Å². The second-order valence-corrected chi connectivity index (χ2v) is 16.5. The van der Waals surface area contributed by atoms with Gasteiger partial charge in [0, 0.05) is 11.6 Å². The number of aliphatic hydroxyl groups is 2. The van der Waals surface area contributed by atoms with E-state index >= 15 is 0 Å². The minimum atomic E-state index is -4.74. The summed E-state index contributed by atoms with van der Waals surface area (Å²) in [5.41, 5.74) is -0.0780. The standard InChI is InChI=1S/C23H36ClN5O10P2/c1-5-23(4)13(6-8-22(23,2)3)39-21(32)27-17-14-18(28-20(24)26-17)29(10-25-14)19-16(31)15(30)12(38-19)7-9-40(33,34)11-41(35,36)37/h10,12-13,15-16,19,30-31H,5-9,11H2,1-4H3,(H,33,34)(H2,35,36,37)(H,26,27,28,32)/t12-,13?,15?,16?,19-,23+/m1/s1. The lowest BCUT2D eigenvalue weighted by molar-refractivity contribution is -0.0354. The number of anilines is 1. The van der Waals surface area contributed by atoms with Crippen molar-refractivity contribution in [3.8, 4) is 0 Å². The first kappa shape index (κ1) is 32.2. The van der Waals surface area contributed by atoms with Crippen LogP contribution in [-0.2, 0) is 18.6 Å². The van der Waals surface area contributed by atoms with E-state index in [0.717, 1.165) is 12.8 Å². The summed E-state index contributed by atoms with van der Waals surface area (Å²) in [6, 6.07) is 0. The predicted molar refractivity (Wildman–Crippen MR) is 148 cm³/mol. The molecule has 230 valence electrons. The number of hydrogen-bond donors (Lipinski definition) is 6. The van der Waals surface area contributed by atoms with Crippen LogP contribution < -0.4 is 5.32 Å². The van der Waals surface area contributed by atoms with Crippen LogP contribution in [0.1, 0.15) is 59.6 Å². The van der Waals surface area contributed by atoms with Gasteiger partial charge in [-0.05, 0) is 42.7 Å². The molecular formula is C23H36ClN5O10P2. The Hall–Kier alpha value is -1.67. The van der Waals surface area contributed by atoms with Crippen LogP contribution in [0.5, 0.6) is 0 Å². The summed E-state index contributed by atoms with van der Waals surface area (Å²) in [5.74, 6) is -1.24. The fraction of sp³-hybridized carbons (Fsp3) is 0.739. The maximum absolute atomic E-state index is 12.9. The number of ether oxygens (including phenoxy) is 2. The number of nitrogens with one attached hydrogen (secondary N) is 1. The van der Waals surface area contributed by atoms with E-state index in [1.165, 1.54) is 10.9 Å². The summed E-state index contributed by atoms with van der Waals surface area (Å²) >= 11 is 6.13. The van der Waals surface area contributed by atoms with E-state index in [4.69, 9.17) is 30.9 Å². The number of amides is 1. The molecule has 41 heavy (non-hydrogen) atoms. The number of fused-ring (bicyclic) bond motifs is 1. The second-order valence-electron chi connectivity index (χ2n) is 11.6. The minimum absolute atomic E-state index is 0.0186. The Labute approximate surface area is 241 Å². The first-order valence-electron chi connectivity index (χ1n) is 13.1. The van der Waals surface area contributed by atoms with E-state index in [2.05, 4.69) is 48.0 Å². The maximum Gasteiger partial charge on any atom is 0.413 e. The van der Waals surface area contributed by atoms with Gasteiger partial charge in [0.25, 0.3) is 0 Å². The van der Waals surface area contributed by atoms with Crippen molar-refractivity contribution in [3.05, 3.63) is 11.6 Å². The number of carbonyl (C=O) groups is 1. The molecule has 0 bridgehead atoms. The van der Waals surface area contributed by atoms with E-state index in [9.17, 15) is 29.0 Å². The van der Waals surface area contributed by atoms with Gasteiger partial charge < -0.3 is 34.4 Å². The first-order valence-corrected chi connectivity index (χ1v) is 17.3. The fourth-order valence-electron chi connectivity index (χ4n) is 5.73. The molecule has 1 aliphatic carbocycles. The third-order valence-electron chi connectivity index (χ3n) is 8.67. The smallest absolute Gasteiger partial charge is 0.413 e. The van der Waals surface area contributed by atoms with Gasteiger partial charge in [-0.25, -0.2) is 9.78 Å². The van der Waals surface area contributed by atoms with Crippen LogP contribution in [0.15, 0.2) is 6.33 Å². The highest BCUT2D eigenvalue weighted by atomic mass is 35.5. The van der Waals surface area contributed by atoms with Gasteiger partial charge in [0.1, 0.15) is 24.2 Å². The summed E-state index contributed by atoms with van der Waals surface area (Å²) in [5, 5.41) is 23.5. The molecule has 2 fully saturated rings. The zero-order valence-electron chi connectivity index (χ0n) is 23.0. The van der Waals surface area contributed by atoms with Crippen LogP contribution in [0, 0.1) is 10.8 Å². The van der Waals surface area contributed by atoms with E-state index < -0.39 is 57.7 Å². The molecule has 2 aromatic heterocycles. The van der Waals surface area contributed by atoms with E-state index in [1.54, 1.807) is 0 Å². The maximum atomic E-state index is 12.9. The SMILES string of the molecule is CC[C@@]1(C)C(OC(=O)Nc2nc(Cl)nc3c2ncn3[C@@H]2O[C@H](CCP(=O)(O)CP(=O)(O)O)C(O)C2O)CCC1(C)C. The number of hydrogen-bond acceptors (Lipinski definition) is 10. The summed E-state index contributed by atoms with van der Waals surface area (Å²) < 4.78 is 36.2. The molecule has 0 radical (unpaired) electrons. The number of carbonyl (C=O) groups excluding carboxylic acids is 1. The molecule has 3 heterocycles. The third-order valence-corrected chi connectivity index (χ3v) is 13.0. The second kappa shape index (κ2) is 11.4. The van der Waals surface area contributed by atoms with E-state index in [0.29, 0.717) is 6.42 Å². The van der Waals surface area contributed by atoms with Gasteiger partial charge >= 0.3 is 13.7 Å². The van der Waals surface area contributed by atoms with Crippen molar-refractivity contribution in [1.82, 2.24) is 19.5 Å². The van der Waals surface area contributed by atoms with Crippen molar-refractivity contribution in [2.24, 2.45) is 10.8 Å². The van der Waals surface area contributed by atoms with Gasteiger partial charge in [-0.2, -0.15) is 9.97 Å². The number of imidazole rings is 1. The molecule has 1 saturated heterocycles. The molecule has 4 unspecified atom stereocenters. The molecule has 18 heteroatoms. The summed E-state index contributed by atoms with van der Waals surface area (Å²) in [7, 11) is -8.97. The topological polar surface area (TPSA) is 226 Å². The molecule has 0 aromatic carbocycles. The Balaban J connectivity index is 1.51. The minimum Gasteiger partial charge on any atom is -0.445 e. The van der Waals surface area contributed by atoms with Crippen LogP contribution in [-0.4, -0.2) is 87.0 Å². The monoisotopic (exact) mass is 639 g/mol. The Bertz CT molecular complexity index is 1400. The van der Waals surface area contributed by atoms with Crippen LogP contribution >= 0.6 is 26.6 Å².